The normalized spacial score (nSPS) is 15.6. The topological polar surface area (TPSA) is 86.0 Å². The summed E-state index contributed by atoms with van der Waals surface area (Å²) >= 11 is 3.26. The van der Waals surface area contributed by atoms with Gasteiger partial charge in [-0.05, 0) is 46.7 Å². The Labute approximate surface area is 119 Å². The summed E-state index contributed by atoms with van der Waals surface area (Å²) in [6.07, 6.45) is 3.97. The van der Waals surface area contributed by atoms with Gasteiger partial charge in [0.1, 0.15) is 11.9 Å². The van der Waals surface area contributed by atoms with Gasteiger partial charge in [0.05, 0.1) is 12.0 Å². The molecule has 100 valence electrons. The Hall–Kier alpha value is -1.61. The van der Waals surface area contributed by atoms with E-state index in [1.54, 1.807) is 12.3 Å². The van der Waals surface area contributed by atoms with Gasteiger partial charge in [-0.3, -0.25) is 4.79 Å². The summed E-state index contributed by atoms with van der Waals surface area (Å²) in [4.78, 5) is 15.0. The monoisotopic (exact) mass is 323 g/mol. The maximum absolute atomic E-state index is 10.8. The standard InChI is InChI=1S/C13H14BrN3O2/c14-11-3-9(5-15)13(17-7-11)16-6-10(4-12(18)19)8-1-2-8/h3,7-8,10H,1-2,4,6H2,(H,16,17)(H,18,19). The number of rotatable bonds is 6. The molecule has 1 fully saturated rings. The third-order valence-electron chi connectivity index (χ3n) is 3.23. The van der Waals surface area contributed by atoms with Crippen LogP contribution in [0.5, 0.6) is 0 Å². The van der Waals surface area contributed by atoms with Crippen molar-refractivity contribution < 1.29 is 9.90 Å². The van der Waals surface area contributed by atoms with Crippen LogP contribution in [0.25, 0.3) is 0 Å². The van der Waals surface area contributed by atoms with Gasteiger partial charge in [0, 0.05) is 17.2 Å². The predicted octanol–water partition coefficient (Wildman–Crippen LogP) is 2.63. The predicted molar refractivity (Wildman–Crippen MR) is 73.6 cm³/mol. The number of nitrogens with zero attached hydrogens (tertiary/aromatic N) is 2. The van der Waals surface area contributed by atoms with E-state index in [9.17, 15) is 4.79 Å². The van der Waals surface area contributed by atoms with Gasteiger partial charge in [-0.15, -0.1) is 0 Å². The van der Waals surface area contributed by atoms with E-state index in [0.29, 0.717) is 23.8 Å². The summed E-state index contributed by atoms with van der Waals surface area (Å²) in [5, 5.41) is 21.0. The van der Waals surface area contributed by atoms with Crippen molar-refractivity contribution in [1.29, 1.82) is 5.26 Å². The Balaban J connectivity index is 2.00. The molecule has 1 aromatic heterocycles. The molecule has 0 aliphatic heterocycles. The van der Waals surface area contributed by atoms with Crippen LogP contribution in [0, 0.1) is 23.2 Å². The highest BCUT2D eigenvalue weighted by atomic mass is 79.9. The molecule has 1 heterocycles. The average Bonchev–Trinajstić information content (AvgIpc) is 3.19. The number of aromatic nitrogens is 1. The quantitative estimate of drug-likeness (QED) is 0.840. The first kappa shape index (κ1) is 13.8. The molecule has 1 aliphatic rings. The van der Waals surface area contributed by atoms with Gasteiger partial charge in [0.15, 0.2) is 0 Å². The van der Waals surface area contributed by atoms with Crippen LogP contribution >= 0.6 is 15.9 Å². The van der Waals surface area contributed by atoms with Crippen molar-refractivity contribution in [2.75, 3.05) is 11.9 Å². The summed E-state index contributed by atoms with van der Waals surface area (Å²) in [5.74, 6) is 0.337. The molecule has 6 heteroatoms. The lowest BCUT2D eigenvalue weighted by Gasteiger charge is -2.15. The molecule has 0 amide bonds. The number of halogens is 1. The molecule has 0 spiro atoms. The number of hydrogen-bond donors (Lipinski definition) is 2. The summed E-state index contributed by atoms with van der Waals surface area (Å²) in [7, 11) is 0. The van der Waals surface area contributed by atoms with Crippen molar-refractivity contribution in [3.8, 4) is 6.07 Å². The van der Waals surface area contributed by atoms with E-state index in [1.165, 1.54) is 0 Å². The van der Waals surface area contributed by atoms with Gasteiger partial charge in [0.2, 0.25) is 0 Å². The Morgan fingerprint density at radius 3 is 3.00 bits per heavy atom. The van der Waals surface area contributed by atoms with Gasteiger partial charge in [0.25, 0.3) is 0 Å². The molecule has 2 rings (SSSR count). The highest BCUT2D eigenvalue weighted by Crippen LogP contribution is 2.38. The lowest BCUT2D eigenvalue weighted by molar-refractivity contribution is -0.138. The Morgan fingerprint density at radius 1 is 1.68 bits per heavy atom. The molecule has 5 nitrogen and oxygen atoms in total. The van der Waals surface area contributed by atoms with Gasteiger partial charge in [-0.2, -0.15) is 5.26 Å². The molecule has 0 radical (unpaired) electrons. The van der Waals surface area contributed by atoms with Crippen LogP contribution < -0.4 is 5.32 Å². The van der Waals surface area contributed by atoms with Crippen LogP contribution in [0.4, 0.5) is 5.82 Å². The van der Waals surface area contributed by atoms with Crippen molar-refractivity contribution in [1.82, 2.24) is 4.98 Å². The van der Waals surface area contributed by atoms with Gasteiger partial charge < -0.3 is 10.4 Å². The Kier molecular flexibility index (Phi) is 4.38. The number of carboxylic acid groups (broad SMARTS) is 1. The van der Waals surface area contributed by atoms with E-state index in [1.807, 2.05) is 0 Å². The van der Waals surface area contributed by atoms with Crippen LogP contribution in [0.1, 0.15) is 24.8 Å². The molecular formula is C13H14BrN3O2. The fourth-order valence-corrected chi connectivity index (χ4v) is 2.42. The first-order chi connectivity index (χ1) is 9.10. The summed E-state index contributed by atoms with van der Waals surface area (Å²) in [6.45, 7) is 0.542. The van der Waals surface area contributed by atoms with E-state index in [4.69, 9.17) is 10.4 Å². The summed E-state index contributed by atoms with van der Waals surface area (Å²) in [6, 6.07) is 3.77. The maximum Gasteiger partial charge on any atom is 0.303 e. The van der Waals surface area contributed by atoms with Gasteiger partial charge in [-0.25, -0.2) is 4.98 Å². The van der Waals surface area contributed by atoms with E-state index < -0.39 is 5.97 Å². The fourth-order valence-electron chi connectivity index (χ4n) is 2.09. The molecule has 1 saturated carbocycles. The number of carboxylic acids is 1. The molecule has 2 N–H and O–H groups in total. The first-order valence-electron chi connectivity index (χ1n) is 6.11. The Bertz CT molecular complexity index is 523. The van der Waals surface area contributed by atoms with Crippen LogP contribution in [-0.2, 0) is 4.79 Å². The molecule has 1 aromatic rings. The third-order valence-corrected chi connectivity index (χ3v) is 3.67. The van der Waals surface area contributed by atoms with Crippen LogP contribution in [0.3, 0.4) is 0 Å². The molecular weight excluding hydrogens is 310 g/mol. The second-order valence-corrected chi connectivity index (χ2v) is 5.65. The molecule has 1 aliphatic carbocycles. The second-order valence-electron chi connectivity index (χ2n) is 4.74. The number of pyridine rings is 1. The molecule has 1 unspecified atom stereocenters. The highest BCUT2D eigenvalue weighted by molar-refractivity contribution is 9.10. The number of nitriles is 1. The second kappa shape index (κ2) is 6.02. The number of anilines is 1. The summed E-state index contributed by atoms with van der Waals surface area (Å²) in [5.41, 5.74) is 0.458. The zero-order valence-corrected chi connectivity index (χ0v) is 11.9. The molecule has 0 saturated heterocycles. The zero-order chi connectivity index (χ0) is 13.8. The number of carbonyl (C=O) groups is 1. The molecule has 1 atom stereocenters. The average molecular weight is 324 g/mol. The smallest absolute Gasteiger partial charge is 0.303 e. The van der Waals surface area contributed by atoms with Crippen molar-refractivity contribution in [3.05, 3.63) is 22.3 Å². The minimum Gasteiger partial charge on any atom is -0.481 e. The van der Waals surface area contributed by atoms with E-state index in [-0.39, 0.29) is 12.3 Å². The lowest BCUT2D eigenvalue weighted by Crippen LogP contribution is -2.20. The van der Waals surface area contributed by atoms with Crippen molar-refractivity contribution in [3.63, 3.8) is 0 Å². The SMILES string of the molecule is N#Cc1cc(Br)cnc1NCC(CC(=O)O)C1CC1. The first-order valence-corrected chi connectivity index (χ1v) is 6.90. The third kappa shape index (κ3) is 3.93. The van der Waals surface area contributed by atoms with Gasteiger partial charge >= 0.3 is 5.97 Å². The van der Waals surface area contributed by atoms with Crippen molar-refractivity contribution >= 4 is 27.7 Å². The minimum atomic E-state index is -0.775. The van der Waals surface area contributed by atoms with Crippen LogP contribution in [0.2, 0.25) is 0 Å². The molecule has 19 heavy (non-hydrogen) atoms. The fraction of sp³-hybridized carbons (Fsp3) is 0.462. The molecule has 0 bridgehead atoms. The number of aliphatic carboxylic acids is 1. The largest absolute Gasteiger partial charge is 0.481 e. The van der Waals surface area contributed by atoms with Crippen LogP contribution in [-0.4, -0.2) is 22.6 Å². The Morgan fingerprint density at radius 2 is 2.42 bits per heavy atom. The molecule has 0 aromatic carbocycles. The van der Waals surface area contributed by atoms with Crippen molar-refractivity contribution in [2.24, 2.45) is 11.8 Å². The number of hydrogen-bond acceptors (Lipinski definition) is 4. The highest BCUT2D eigenvalue weighted by Gasteiger charge is 2.32. The minimum absolute atomic E-state index is 0.106. The van der Waals surface area contributed by atoms with E-state index in [0.717, 1.165) is 17.3 Å². The summed E-state index contributed by atoms with van der Waals surface area (Å²) < 4.78 is 0.749. The van der Waals surface area contributed by atoms with E-state index in [2.05, 4.69) is 32.3 Å². The number of nitrogens with one attached hydrogen (secondary N) is 1. The lowest BCUT2D eigenvalue weighted by atomic mass is 10.00. The van der Waals surface area contributed by atoms with Gasteiger partial charge in [-0.1, -0.05) is 0 Å². The van der Waals surface area contributed by atoms with Crippen LogP contribution in [0.15, 0.2) is 16.7 Å². The zero-order valence-electron chi connectivity index (χ0n) is 10.3. The van der Waals surface area contributed by atoms with E-state index >= 15 is 0 Å². The van der Waals surface area contributed by atoms with Crippen molar-refractivity contribution in [2.45, 2.75) is 19.3 Å². The maximum atomic E-state index is 10.8.